The van der Waals surface area contributed by atoms with Crippen LogP contribution in [0, 0.1) is 0 Å². The molecule has 2 atom stereocenters. The van der Waals surface area contributed by atoms with Gasteiger partial charge in [-0.25, -0.2) is 4.98 Å². The third-order valence-electron chi connectivity index (χ3n) is 5.15. The van der Waals surface area contributed by atoms with Gasteiger partial charge in [0.25, 0.3) is 0 Å². The summed E-state index contributed by atoms with van der Waals surface area (Å²) in [6.07, 6.45) is 7.54. The van der Waals surface area contributed by atoms with Crippen LogP contribution in [0.4, 0.5) is 0 Å². The lowest BCUT2D eigenvalue weighted by molar-refractivity contribution is -0.0817. The van der Waals surface area contributed by atoms with E-state index in [1.54, 1.807) is 0 Å². The van der Waals surface area contributed by atoms with E-state index in [0.717, 1.165) is 69.4 Å². The molecule has 8 heteroatoms. The van der Waals surface area contributed by atoms with Gasteiger partial charge in [-0.05, 0) is 31.9 Å². The van der Waals surface area contributed by atoms with Gasteiger partial charge in [0.05, 0.1) is 18.4 Å². The first-order chi connectivity index (χ1) is 13.3. The van der Waals surface area contributed by atoms with E-state index in [2.05, 4.69) is 32.7 Å². The Morgan fingerprint density at radius 3 is 2.96 bits per heavy atom. The summed E-state index contributed by atoms with van der Waals surface area (Å²) >= 11 is 0. The molecule has 0 spiro atoms. The standard InChI is InChI=1S/C20H29N5O2.HI/c1-2-21-20(25-11-13-27-18(15-25)17-6-5-12-26-17)22-9-8-16-14-24-10-4-3-7-19(24)23-16;/h3-4,7,10,14,17-18H,2,5-6,8-9,11-13,15H2,1H3,(H,21,22);1H. The van der Waals surface area contributed by atoms with Gasteiger partial charge in [-0.3, -0.25) is 4.99 Å². The Balaban J connectivity index is 0.00000225. The van der Waals surface area contributed by atoms with E-state index >= 15 is 0 Å². The summed E-state index contributed by atoms with van der Waals surface area (Å²) in [4.78, 5) is 11.8. The molecule has 2 aromatic rings. The second-order valence-corrected chi connectivity index (χ2v) is 7.09. The monoisotopic (exact) mass is 499 g/mol. The lowest BCUT2D eigenvalue weighted by atomic mass is 10.1. The molecule has 154 valence electrons. The van der Waals surface area contributed by atoms with Crippen molar-refractivity contribution in [3.8, 4) is 0 Å². The molecule has 1 N–H and O–H groups in total. The Morgan fingerprint density at radius 2 is 2.18 bits per heavy atom. The fourth-order valence-corrected chi connectivity index (χ4v) is 3.80. The summed E-state index contributed by atoms with van der Waals surface area (Å²) in [5, 5.41) is 3.43. The van der Waals surface area contributed by atoms with E-state index < -0.39 is 0 Å². The van der Waals surface area contributed by atoms with Crippen LogP contribution < -0.4 is 5.32 Å². The van der Waals surface area contributed by atoms with Gasteiger partial charge in [0.1, 0.15) is 11.8 Å². The Kier molecular flexibility index (Phi) is 7.92. The van der Waals surface area contributed by atoms with E-state index in [4.69, 9.17) is 14.5 Å². The largest absolute Gasteiger partial charge is 0.375 e. The number of nitrogens with zero attached hydrogens (tertiary/aromatic N) is 4. The maximum absolute atomic E-state index is 5.97. The molecule has 0 radical (unpaired) electrons. The van der Waals surface area contributed by atoms with Crippen molar-refractivity contribution in [1.29, 1.82) is 0 Å². The van der Waals surface area contributed by atoms with Crippen LogP contribution in [0.5, 0.6) is 0 Å². The highest BCUT2D eigenvalue weighted by atomic mass is 127. The molecule has 4 heterocycles. The second-order valence-electron chi connectivity index (χ2n) is 7.09. The van der Waals surface area contributed by atoms with Crippen molar-refractivity contribution in [3.05, 3.63) is 36.3 Å². The molecule has 2 unspecified atom stereocenters. The van der Waals surface area contributed by atoms with Crippen LogP contribution in [0.15, 0.2) is 35.6 Å². The molecular weight excluding hydrogens is 469 g/mol. The van der Waals surface area contributed by atoms with Crippen molar-refractivity contribution in [3.63, 3.8) is 0 Å². The smallest absolute Gasteiger partial charge is 0.194 e. The van der Waals surface area contributed by atoms with E-state index in [0.29, 0.717) is 6.54 Å². The van der Waals surface area contributed by atoms with Gasteiger partial charge >= 0.3 is 0 Å². The normalized spacial score (nSPS) is 23.0. The van der Waals surface area contributed by atoms with Crippen LogP contribution >= 0.6 is 24.0 Å². The minimum atomic E-state index is 0. The summed E-state index contributed by atoms with van der Waals surface area (Å²) in [6, 6.07) is 6.05. The summed E-state index contributed by atoms with van der Waals surface area (Å²) in [5.74, 6) is 0.965. The fourth-order valence-electron chi connectivity index (χ4n) is 3.80. The van der Waals surface area contributed by atoms with Crippen LogP contribution in [0.3, 0.4) is 0 Å². The van der Waals surface area contributed by atoms with Gasteiger partial charge in [-0.15, -0.1) is 24.0 Å². The number of morpholine rings is 1. The maximum Gasteiger partial charge on any atom is 0.194 e. The number of rotatable bonds is 5. The molecule has 2 aliphatic rings. The van der Waals surface area contributed by atoms with Crippen LogP contribution in [0.2, 0.25) is 0 Å². The average Bonchev–Trinajstić information content (AvgIpc) is 3.37. The average molecular weight is 499 g/mol. The molecule has 0 aromatic carbocycles. The van der Waals surface area contributed by atoms with Crippen LogP contribution in [0.1, 0.15) is 25.5 Å². The zero-order valence-electron chi connectivity index (χ0n) is 16.4. The molecule has 2 fully saturated rings. The first kappa shape index (κ1) is 21.3. The van der Waals surface area contributed by atoms with Crippen LogP contribution in [-0.2, 0) is 15.9 Å². The Labute approximate surface area is 183 Å². The van der Waals surface area contributed by atoms with Crippen molar-refractivity contribution in [2.45, 2.75) is 38.4 Å². The number of pyridine rings is 1. The highest BCUT2D eigenvalue weighted by molar-refractivity contribution is 14.0. The number of imidazole rings is 1. The predicted molar refractivity (Wildman–Crippen MR) is 121 cm³/mol. The molecule has 0 amide bonds. The van der Waals surface area contributed by atoms with Crippen molar-refractivity contribution in [2.75, 3.05) is 39.4 Å². The molecule has 0 bridgehead atoms. The lowest BCUT2D eigenvalue weighted by Crippen LogP contribution is -2.53. The quantitative estimate of drug-likeness (QED) is 0.389. The first-order valence-electron chi connectivity index (χ1n) is 10.0. The molecule has 7 nitrogen and oxygen atoms in total. The molecule has 0 aliphatic carbocycles. The van der Waals surface area contributed by atoms with Crippen LogP contribution in [0.25, 0.3) is 5.65 Å². The highest BCUT2D eigenvalue weighted by Gasteiger charge is 2.32. The number of hydrogen-bond donors (Lipinski definition) is 1. The first-order valence-corrected chi connectivity index (χ1v) is 10.0. The molecule has 2 aliphatic heterocycles. The zero-order chi connectivity index (χ0) is 18.5. The summed E-state index contributed by atoms with van der Waals surface area (Å²) < 4.78 is 13.8. The summed E-state index contributed by atoms with van der Waals surface area (Å²) in [5.41, 5.74) is 2.05. The molecule has 0 saturated carbocycles. The molecular formula is C20H30IN5O2. The summed E-state index contributed by atoms with van der Waals surface area (Å²) in [6.45, 7) is 6.96. The number of ether oxygens (including phenoxy) is 2. The van der Waals surface area contributed by atoms with Crippen molar-refractivity contribution >= 4 is 35.6 Å². The van der Waals surface area contributed by atoms with Crippen molar-refractivity contribution < 1.29 is 9.47 Å². The lowest BCUT2D eigenvalue weighted by Gasteiger charge is -2.37. The van der Waals surface area contributed by atoms with Gasteiger partial charge in [-0.1, -0.05) is 6.07 Å². The third-order valence-corrected chi connectivity index (χ3v) is 5.15. The van der Waals surface area contributed by atoms with Gasteiger partial charge < -0.3 is 24.1 Å². The number of halogens is 1. The minimum absolute atomic E-state index is 0. The van der Waals surface area contributed by atoms with Gasteiger partial charge in [0, 0.05) is 51.6 Å². The van der Waals surface area contributed by atoms with E-state index in [-0.39, 0.29) is 36.2 Å². The van der Waals surface area contributed by atoms with E-state index in [1.165, 1.54) is 0 Å². The number of hydrogen-bond acceptors (Lipinski definition) is 4. The van der Waals surface area contributed by atoms with Crippen LogP contribution in [-0.4, -0.2) is 71.8 Å². The maximum atomic E-state index is 5.97. The molecule has 4 rings (SSSR count). The SMILES string of the molecule is CCNC(=NCCc1cn2ccccc2n1)N1CCOC(C2CCCO2)C1.I. The van der Waals surface area contributed by atoms with E-state index in [9.17, 15) is 0 Å². The number of aliphatic imine (C=N–C) groups is 1. The molecule has 28 heavy (non-hydrogen) atoms. The molecule has 2 saturated heterocycles. The van der Waals surface area contributed by atoms with Gasteiger partial charge in [0.2, 0.25) is 0 Å². The van der Waals surface area contributed by atoms with Gasteiger partial charge in [-0.2, -0.15) is 0 Å². The molecule has 2 aromatic heterocycles. The second kappa shape index (κ2) is 10.4. The summed E-state index contributed by atoms with van der Waals surface area (Å²) in [7, 11) is 0. The van der Waals surface area contributed by atoms with Crippen molar-refractivity contribution in [1.82, 2.24) is 19.6 Å². The Hall–Kier alpha value is -1.39. The minimum Gasteiger partial charge on any atom is -0.375 e. The Bertz CT molecular complexity index is 742. The number of fused-ring (bicyclic) bond motifs is 1. The highest BCUT2D eigenvalue weighted by Crippen LogP contribution is 2.21. The fraction of sp³-hybridized carbons (Fsp3) is 0.600. The van der Waals surface area contributed by atoms with Gasteiger partial charge in [0.15, 0.2) is 5.96 Å². The zero-order valence-corrected chi connectivity index (χ0v) is 18.7. The van der Waals surface area contributed by atoms with E-state index in [1.807, 2.05) is 24.4 Å². The predicted octanol–water partition coefficient (Wildman–Crippen LogP) is 2.34. The number of aromatic nitrogens is 2. The number of guanidine groups is 1. The third kappa shape index (κ3) is 5.15. The number of nitrogens with one attached hydrogen (secondary N) is 1. The topological polar surface area (TPSA) is 63.4 Å². The Morgan fingerprint density at radius 1 is 1.29 bits per heavy atom. The van der Waals surface area contributed by atoms with Crippen molar-refractivity contribution in [2.24, 2.45) is 4.99 Å².